The van der Waals surface area contributed by atoms with E-state index in [0.29, 0.717) is 25.0 Å². The summed E-state index contributed by atoms with van der Waals surface area (Å²) in [6, 6.07) is 6.88. The molecular formula is C19H28N4O2S. The van der Waals surface area contributed by atoms with Crippen molar-refractivity contribution in [3.05, 3.63) is 35.5 Å². The van der Waals surface area contributed by atoms with Gasteiger partial charge in [0.15, 0.2) is 0 Å². The fourth-order valence-electron chi connectivity index (χ4n) is 5.01. The number of H-pyrrole nitrogens is 1. The predicted molar refractivity (Wildman–Crippen MR) is 105 cm³/mol. The van der Waals surface area contributed by atoms with E-state index in [9.17, 15) is 8.42 Å². The molecule has 26 heavy (non-hydrogen) atoms. The largest absolute Gasteiger partial charge is 0.361 e. The zero-order valence-electron chi connectivity index (χ0n) is 15.7. The number of benzene rings is 1. The summed E-state index contributed by atoms with van der Waals surface area (Å²) in [5, 5.41) is 1.35. The van der Waals surface area contributed by atoms with Crippen LogP contribution in [0, 0.1) is 0 Å². The molecule has 1 fully saturated rings. The van der Waals surface area contributed by atoms with Crippen LogP contribution < -0.4 is 4.72 Å². The molecule has 2 aromatic rings. The van der Waals surface area contributed by atoms with Gasteiger partial charge in [-0.15, -0.1) is 0 Å². The molecule has 4 rings (SSSR count). The zero-order valence-corrected chi connectivity index (χ0v) is 16.5. The van der Waals surface area contributed by atoms with E-state index in [0.717, 1.165) is 19.4 Å². The molecule has 3 atom stereocenters. The average molecular weight is 377 g/mol. The minimum Gasteiger partial charge on any atom is -0.361 e. The van der Waals surface area contributed by atoms with Crippen LogP contribution >= 0.6 is 0 Å². The predicted octanol–water partition coefficient (Wildman–Crippen LogP) is 2.06. The second kappa shape index (κ2) is 6.64. The Hall–Kier alpha value is -1.41. The van der Waals surface area contributed by atoms with Crippen molar-refractivity contribution in [2.45, 2.75) is 44.7 Å². The van der Waals surface area contributed by atoms with Gasteiger partial charge in [-0.2, -0.15) is 12.7 Å². The Morgan fingerprint density at radius 1 is 1.35 bits per heavy atom. The van der Waals surface area contributed by atoms with E-state index in [4.69, 9.17) is 0 Å². The lowest BCUT2D eigenvalue weighted by Gasteiger charge is -2.47. The SMILES string of the molecule is CCNS(=O)(=O)N(CC)[C@H]1CC2c3cccc4[nH]cc(c34)C[C@H]2N(C)C1. The Morgan fingerprint density at radius 2 is 2.15 bits per heavy atom. The quantitative estimate of drug-likeness (QED) is 0.839. The highest BCUT2D eigenvalue weighted by Gasteiger charge is 2.42. The Balaban J connectivity index is 1.71. The molecule has 0 radical (unpaired) electrons. The topological polar surface area (TPSA) is 68.4 Å². The van der Waals surface area contributed by atoms with Gasteiger partial charge in [-0.25, -0.2) is 4.72 Å². The van der Waals surface area contributed by atoms with Crippen LogP contribution in [-0.2, 0) is 16.6 Å². The number of rotatable bonds is 5. The third kappa shape index (κ3) is 2.78. The average Bonchev–Trinajstić information content (AvgIpc) is 3.01. The number of aromatic amines is 1. The van der Waals surface area contributed by atoms with Gasteiger partial charge >= 0.3 is 0 Å². The maximum absolute atomic E-state index is 12.7. The third-order valence-corrected chi connectivity index (χ3v) is 7.89. The van der Waals surface area contributed by atoms with E-state index < -0.39 is 10.2 Å². The lowest BCUT2D eigenvalue weighted by Crippen LogP contribution is -2.57. The van der Waals surface area contributed by atoms with Crippen LogP contribution in [-0.4, -0.2) is 61.4 Å². The monoisotopic (exact) mass is 376 g/mol. The van der Waals surface area contributed by atoms with E-state index in [-0.39, 0.29) is 6.04 Å². The molecule has 6 nitrogen and oxygen atoms in total. The van der Waals surface area contributed by atoms with E-state index >= 15 is 0 Å². The van der Waals surface area contributed by atoms with E-state index in [2.05, 4.69) is 46.0 Å². The van der Waals surface area contributed by atoms with Gasteiger partial charge in [0.1, 0.15) is 0 Å². The van der Waals surface area contributed by atoms with Gasteiger partial charge in [-0.05, 0) is 37.1 Å². The van der Waals surface area contributed by atoms with Crippen molar-refractivity contribution in [3.8, 4) is 0 Å². The zero-order chi connectivity index (χ0) is 18.5. The molecule has 0 amide bonds. The van der Waals surface area contributed by atoms with Gasteiger partial charge in [0.25, 0.3) is 10.2 Å². The van der Waals surface area contributed by atoms with E-state index in [1.54, 1.807) is 4.31 Å². The summed E-state index contributed by atoms with van der Waals surface area (Å²) in [4.78, 5) is 5.75. The van der Waals surface area contributed by atoms with Crippen molar-refractivity contribution in [1.29, 1.82) is 0 Å². The number of nitrogens with one attached hydrogen (secondary N) is 2. The molecule has 0 bridgehead atoms. The summed E-state index contributed by atoms with van der Waals surface area (Å²) in [5.74, 6) is 0.358. The molecule has 2 aliphatic rings. The Kier molecular flexibility index (Phi) is 4.59. The van der Waals surface area contributed by atoms with Gasteiger partial charge in [0.2, 0.25) is 0 Å². The first-order chi connectivity index (χ1) is 12.5. The summed E-state index contributed by atoms with van der Waals surface area (Å²) in [6.45, 7) is 5.43. The molecule has 2 N–H and O–H groups in total. The van der Waals surface area contributed by atoms with Gasteiger partial charge < -0.3 is 9.88 Å². The molecule has 1 aromatic heterocycles. The molecule has 1 unspecified atom stereocenters. The number of likely N-dealkylation sites (N-methyl/N-ethyl adjacent to an activating group) is 2. The Labute approximate surface area is 155 Å². The molecule has 7 heteroatoms. The maximum atomic E-state index is 12.7. The highest BCUT2D eigenvalue weighted by Crippen LogP contribution is 2.43. The normalized spacial score (nSPS) is 26.4. The molecule has 2 heterocycles. The number of nitrogens with zero attached hydrogens (tertiary/aromatic N) is 2. The molecule has 1 aromatic carbocycles. The number of piperidine rings is 1. The summed E-state index contributed by atoms with van der Waals surface area (Å²) < 4.78 is 29.6. The standard InChI is InChI=1S/C19H28N4O2S/c1-4-21-26(24,25)23(5-2)14-10-16-15-7-6-8-17-19(15)13(11-20-17)9-18(16)22(3)12-14/h6-8,11,14,16,18,20-21H,4-5,9-10,12H2,1-3H3/t14-,16?,18+/m0/s1. The summed E-state index contributed by atoms with van der Waals surface area (Å²) in [6.07, 6.45) is 4.03. The minimum absolute atomic E-state index is 0.00829. The number of hydrogen-bond donors (Lipinski definition) is 2. The highest BCUT2D eigenvalue weighted by atomic mass is 32.2. The van der Waals surface area contributed by atoms with Crippen LogP contribution in [0.4, 0.5) is 0 Å². The third-order valence-electron chi connectivity index (χ3n) is 6.06. The Morgan fingerprint density at radius 3 is 2.88 bits per heavy atom. The molecule has 0 spiro atoms. The van der Waals surface area contributed by atoms with Crippen molar-refractivity contribution >= 4 is 21.1 Å². The van der Waals surface area contributed by atoms with Crippen LogP contribution in [0.1, 0.15) is 37.3 Å². The molecule has 1 saturated heterocycles. The minimum atomic E-state index is -3.43. The van der Waals surface area contributed by atoms with Crippen LogP contribution in [0.2, 0.25) is 0 Å². The van der Waals surface area contributed by atoms with E-state index in [1.165, 1.54) is 22.0 Å². The van der Waals surface area contributed by atoms with Gasteiger partial charge in [-0.1, -0.05) is 26.0 Å². The van der Waals surface area contributed by atoms with Crippen LogP contribution in [0.3, 0.4) is 0 Å². The van der Waals surface area contributed by atoms with Crippen molar-refractivity contribution in [2.75, 3.05) is 26.7 Å². The molecule has 142 valence electrons. The van der Waals surface area contributed by atoms with Gasteiger partial charge in [0.05, 0.1) is 0 Å². The number of hydrogen-bond acceptors (Lipinski definition) is 3. The first-order valence-electron chi connectivity index (χ1n) is 9.51. The number of likely N-dealkylation sites (tertiary alicyclic amines) is 1. The maximum Gasteiger partial charge on any atom is 0.279 e. The molecule has 1 aliphatic carbocycles. The van der Waals surface area contributed by atoms with Crippen molar-refractivity contribution in [2.24, 2.45) is 0 Å². The van der Waals surface area contributed by atoms with Crippen molar-refractivity contribution in [3.63, 3.8) is 0 Å². The summed E-state index contributed by atoms with van der Waals surface area (Å²) in [7, 11) is -1.30. The lowest BCUT2D eigenvalue weighted by molar-refractivity contribution is 0.0974. The highest BCUT2D eigenvalue weighted by molar-refractivity contribution is 7.87. The van der Waals surface area contributed by atoms with Crippen LogP contribution in [0.15, 0.2) is 24.4 Å². The summed E-state index contributed by atoms with van der Waals surface area (Å²) in [5.41, 5.74) is 3.94. The van der Waals surface area contributed by atoms with Crippen molar-refractivity contribution in [1.82, 2.24) is 18.9 Å². The number of fused-ring (bicyclic) bond motifs is 2. The first-order valence-corrected chi connectivity index (χ1v) is 11.0. The molecular weight excluding hydrogens is 348 g/mol. The second-order valence-corrected chi connectivity index (χ2v) is 9.20. The first kappa shape index (κ1) is 18.0. The van der Waals surface area contributed by atoms with Crippen LogP contribution in [0.25, 0.3) is 10.9 Å². The van der Waals surface area contributed by atoms with Gasteiger partial charge in [0, 0.05) is 54.7 Å². The van der Waals surface area contributed by atoms with Crippen molar-refractivity contribution < 1.29 is 8.42 Å². The molecule has 0 saturated carbocycles. The fraction of sp³-hybridized carbons (Fsp3) is 0.579. The van der Waals surface area contributed by atoms with E-state index in [1.807, 2.05) is 13.8 Å². The smallest absolute Gasteiger partial charge is 0.279 e. The van der Waals surface area contributed by atoms with Crippen LogP contribution in [0.5, 0.6) is 0 Å². The fourth-order valence-corrected chi connectivity index (χ4v) is 6.43. The molecule has 1 aliphatic heterocycles. The lowest BCUT2D eigenvalue weighted by atomic mass is 9.74. The second-order valence-electron chi connectivity index (χ2n) is 7.50. The number of aromatic nitrogens is 1. The Bertz CT molecular complexity index is 907. The van der Waals surface area contributed by atoms with Gasteiger partial charge in [-0.3, -0.25) is 0 Å². The summed E-state index contributed by atoms with van der Waals surface area (Å²) >= 11 is 0.